The summed E-state index contributed by atoms with van der Waals surface area (Å²) in [5.41, 5.74) is 0.184. The molecule has 0 aliphatic carbocycles. The van der Waals surface area contributed by atoms with Gasteiger partial charge in [-0.3, -0.25) is 9.59 Å². The third kappa shape index (κ3) is 8.12. The van der Waals surface area contributed by atoms with Crippen molar-refractivity contribution in [1.29, 1.82) is 0 Å². The summed E-state index contributed by atoms with van der Waals surface area (Å²) in [6.07, 6.45) is 2.38. The Labute approximate surface area is 161 Å². The Balaban J connectivity index is 0.000000568. The summed E-state index contributed by atoms with van der Waals surface area (Å²) in [5, 5.41) is 20.4. The van der Waals surface area contributed by atoms with Gasteiger partial charge in [-0.2, -0.15) is 0 Å². The minimum atomic E-state index is -1.82. The summed E-state index contributed by atoms with van der Waals surface area (Å²) >= 11 is 0. The molecule has 1 heterocycles. The van der Waals surface area contributed by atoms with Gasteiger partial charge in [-0.15, -0.1) is 0 Å². The van der Waals surface area contributed by atoms with Crippen LogP contribution in [0.4, 0.5) is 10.1 Å². The molecule has 2 rings (SSSR count). The number of nitrogens with zero attached hydrogens (tertiary/aromatic N) is 1. The van der Waals surface area contributed by atoms with Gasteiger partial charge < -0.3 is 25.7 Å². The molecule has 10 heteroatoms. The lowest BCUT2D eigenvalue weighted by molar-refractivity contribution is -0.159. The number of nitrogens with one attached hydrogen (secondary N) is 2. The van der Waals surface area contributed by atoms with E-state index in [0.29, 0.717) is 19.5 Å². The molecule has 1 aromatic carbocycles. The maximum atomic E-state index is 13.5. The van der Waals surface area contributed by atoms with Gasteiger partial charge in [0.25, 0.3) is 0 Å². The van der Waals surface area contributed by atoms with Crippen LogP contribution < -0.4 is 10.6 Å². The van der Waals surface area contributed by atoms with Crippen molar-refractivity contribution < 1.29 is 33.8 Å². The zero-order valence-electron chi connectivity index (χ0n) is 15.5. The van der Waals surface area contributed by atoms with Gasteiger partial charge in [0.05, 0.1) is 11.7 Å². The number of carbonyl (C=O) groups is 4. The van der Waals surface area contributed by atoms with E-state index >= 15 is 0 Å². The van der Waals surface area contributed by atoms with Crippen LogP contribution in [-0.2, 0) is 19.2 Å². The first-order valence-corrected chi connectivity index (χ1v) is 8.75. The predicted octanol–water partition coefficient (Wildman–Crippen LogP) is 0.910. The average Bonchev–Trinajstić information content (AvgIpc) is 3.05. The number of aliphatic carboxylic acids is 2. The summed E-state index contributed by atoms with van der Waals surface area (Å²) in [6.45, 7) is 3.92. The van der Waals surface area contributed by atoms with E-state index in [-0.39, 0.29) is 17.5 Å². The molecule has 154 valence electrons. The Morgan fingerprint density at radius 3 is 2.39 bits per heavy atom. The van der Waals surface area contributed by atoms with E-state index in [9.17, 15) is 14.0 Å². The van der Waals surface area contributed by atoms with Gasteiger partial charge >= 0.3 is 11.9 Å². The smallest absolute Gasteiger partial charge is 0.414 e. The fraction of sp³-hybridized carbons (Fsp3) is 0.444. The minimum absolute atomic E-state index is 0.184. The van der Waals surface area contributed by atoms with E-state index in [1.807, 2.05) is 4.90 Å². The quantitative estimate of drug-likeness (QED) is 0.397. The highest BCUT2D eigenvalue weighted by molar-refractivity contribution is 6.27. The second-order valence-electron chi connectivity index (χ2n) is 6.09. The lowest BCUT2D eigenvalue weighted by Gasteiger charge is -2.17. The van der Waals surface area contributed by atoms with Gasteiger partial charge in [0.15, 0.2) is 0 Å². The average molecular weight is 397 g/mol. The number of hydrogen-bond donors (Lipinski definition) is 4. The number of benzene rings is 1. The van der Waals surface area contributed by atoms with Crippen molar-refractivity contribution in [3.63, 3.8) is 0 Å². The van der Waals surface area contributed by atoms with Gasteiger partial charge in [-0.25, -0.2) is 14.0 Å². The Hall–Kier alpha value is -3.01. The number of para-hydroxylation sites is 1. The SMILES string of the molecule is CC(NCCCN1CCCC1=O)C(=O)Nc1ccccc1F.O=C(O)C(=O)O. The van der Waals surface area contributed by atoms with Crippen LogP contribution >= 0.6 is 0 Å². The highest BCUT2D eigenvalue weighted by atomic mass is 19.1. The molecule has 1 fully saturated rings. The molecule has 4 N–H and O–H groups in total. The summed E-state index contributed by atoms with van der Waals surface area (Å²) in [5.74, 6) is -4.16. The Morgan fingerprint density at radius 1 is 1.21 bits per heavy atom. The van der Waals surface area contributed by atoms with Crippen LogP contribution in [0.5, 0.6) is 0 Å². The standard InChI is InChI=1S/C16H22FN3O2.C2H2O4/c1-12(16(22)19-14-7-3-2-6-13(14)17)18-9-5-11-20-10-4-8-15(20)21;3-1(4)2(5)6/h2-3,6-7,12,18H,4-5,8-11H2,1H3,(H,19,22);(H,3,4)(H,5,6). The van der Waals surface area contributed by atoms with Crippen LogP contribution in [0.25, 0.3) is 0 Å². The van der Waals surface area contributed by atoms with Crippen molar-refractivity contribution in [3.8, 4) is 0 Å². The van der Waals surface area contributed by atoms with Crippen LogP contribution in [-0.4, -0.2) is 64.5 Å². The first-order chi connectivity index (χ1) is 13.2. The molecule has 1 unspecified atom stereocenters. The molecule has 1 saturated heterocycles. The maximum absolute atomic E-state index is 13.5. The summed E-state index contributed by atoms with van der Waals surface area (Å²) in [6, 6.07) is 5.66. The van der Waals surface area contributed by atoms with Crippen LogP contribution in [0.1, 0.15) is 26.2 Å². The predicted molar refractivity (Wildman–Crippen MR) is 98.2 cm³/mol. The molecule has 0 radical (unpaired) electrons. The van der Waals surface area contributed by atoms with E-state index in [0.717, 1.165) is 19.4 Å². The normalized spacial score (nSPS) is 14.1. The molecule has 1 aliphatic heterocycles. The fourth-order valence-corrected chi connectivity index (χ4v) is 2.43. The Bertz CT molecular complexity index is 700. The monoisotopic (exact) mass is 397 g/mol. The van der Waals surface area contributed by atoms with Gasteiger partial charge in [0.2, 0.25) is 11.8 Å². The number of hydrogen-bond acceptors (Lipinski definition) is 5. The van der Waals surface area contributed by atoms with Crippen LogP contribution in [0, 0.1) is 5.82 Å². The summed E-state index contributed by atoms with van der Waals surface area (Å²) in [4.78, 5) is 43.5. The molecule has 28 heavy (non-hydrogen) atoms. The first kappa shape index (κ1) is 23.0. The number of carbonyl (C=O) groups excluding carboxylic acids is 2. The van der Waals surface area contributed by atoms with Crippen LogP contribution in [0.15, 0.2) is 24.3 Å². The molecular formula is C18H24FN3O6. The number of rotatable bonds is 7. The third-order valence-corrected chi connectivity index (χ3v) is 3.93. The van der Waals surface area contributed by atoms with Gasteiger partial charge in [0.1, 0.15) is 5.82 Å². The molecule has 0 spiro atoms. The minimum Gasteiger partial charge on any atom is -0.473 e. The van der Waals surface area contributed by atoms with Crippen molar-refractivity contribution in [2.24, 2.45) is 0 Å². The Morgan fingerprint density at radius 2 is 1.86 bits per heavy atom. The molecule has 1 aromatic rings. The number of carboxylic acids is 2. The highest BCUT2D eigenvalue weighted by Gasteiger charge is 2.19. The van der Waals surface area contributed by atoms with Gasteiger partial charge in [0, 0.05) is 19.5 Å². The molecule has 0 aromatic heterocycles. The topological polar surface area (TPSA) is 136 Å². The van der Waals surface area contributed by atoms with E-state index in [1.54, 1.807) is 19.1 Å². The largest absolute Gasteiger partial charge is 0.473 e. The van der Waals surface area contributed by atoms with E-state index < -0.39 is 23.8 Å². The highest BCUT2D eigenvalue weighted by Crippen LogP contribution is 2.12. The summed E-state index contributed by atoms with van der Waals surface area (Å²) < 4.78 is 13.5. The number of halogens is 1. The summed E-state index contributed by atoms with van der Waals surface area (Å²) in [7, 11) is 0. The zero-order valence-corrected chi connectivity index (χ0v) is 15.5. The number of likely N-dealkylation sites (tertiary alicyclic amines) is 1. The van der Waals surface area contributed by atoms with E-state index in [4.69, 9.17) is 19.8 Å². The molecular weight excluding hydrogens is 373 g/mol. The fourth-order valence-electron chi connectivity index (χ4n) is 2.43. The molecule has 1 aliphatic rings. The van der Waals surface area contributed by atoms with Gasteiger partial charge in [-0.05, 0) is 38.4 Å². The molecule has 1 atom stereocenters. The third-order valence-electron chi connectivity index (χ3n) is 3.93. The van der Waals surface area contributed by atoms with Crippen molar-refractivity contribution in [1.82, 2.24) is 10.2 Å². The lowest BCUT2D eigenvalue weighted by Crippen LogP contribution is -2.39. The number of carboxylic acid groups (broad SMARTS) is 2. The Kier molecular flexibility index (Phi) is 9.58. The maximum Gasteiger partial charge on any atom is 0.414 e. The number of anilines is 1. The van der Waals surface area contributed by atoms with Crippen molar-refractivity contribution in [3.05, 3.63) is 30.1 Å². The molecule has 0 bridgehead atoms. The second kappa shape index (κ2) is 11.7. The van der Waals surface area contributed by atoms with Crippen LogP contribution in [0.2, 0.25) is 0 Å². The number of amides is 2. The van der Waals surface area contributed by atoms with Crippen molar-refractivity contribution in [2.75, 3.05) is 25.0 Å². The van der Waals surface area contributed by atoms with Crippen molar-refractivity contribution >= 4 is 29.4 Å². The van der Waals surface area contributed by atoms with Crippen molar-refractivity contribution in [2.45, 2.75) is 32.2 Å². The zero-order chi connectivity index (χ0) is 21.1. The first-order valence-electron chi connectivity index (χ1n) is 8.75. The lowest BCUT2D eigenvalue weighted by atomic mass is 10.2. The van der Waals surface area contributed by atoms with E-state index in [1.165, 1.54) is 12.1 Å². The van der Waals surface area contributed by atoms with Crippen LogP contribution in [0.3, 0.4) is 0 Å². The van der Waals surface area contributed by atoms with Gasteiger partial charge in [-0.1, -0.05) is 12.1 Å². The molecule has 0 saturated carbocycles. The van der Waals surface area contributed by atoms with E-state index in [2.05, 4.69) is 10.6 Å². The molecule has 9 nitrogen and oxygen atoms in total. The second-order valence-corrected chi connectivity index (χ2v) is 6.09. The molecule has 2 amide bonds.